The molecule has 0 fully saturated rings. The Morgan fingerprint density at radius 2 is 2.50 bits per heavy atom. The molecule has 0 atom stereocenters. The third-order valence-electron chi connectivity index (χ3n) is 1.23. The van der Waals surface area contributed by atoms with Gasteiger partial charge in [0.1, 0.15) is 0 Å². The maximum atomic E-state index is 10.3. The second-order valence-corrected chi connectivity index (χ2v) is 3.00. The van der Waals surface area contributed by atoms with Crippen molar-refractivity contribution < 1.29 is 4.92 Å². The molecule has 5 heteroatoms. The van der Waals surface area contributed by atoms with E-state index in [2.05, 4.69) is 0 Å². The second kappa shape index (κ2) is 3.99. The van der Waals surface area contributed by atoms with Gasteiger partial charge in [-0.2, -0.15) is 0 Å². The lowest BCUT2D eigenvalue weighted by molar-refractivity contribution is -0.380. The molecule has 4 nitrogen and oxygen atoms in total. The lowest BCUT2D eigenvalue weighted by atomic mass is 10.3. The Balaban J connectivity index is 2.77. The van der Waals surface area contributed by atoms with Crippen LogP contribution in [0.1, 0.15) is 5.56 Å². The fourth-order valence-electron chi connectivity index (χ4n) is 0.726. The first-order valence-corrected chi connectivity index (χ1v) is 4.21. The molecule has 0 radical (unpaired) electrons. The zero-order valence-electron chi connectivity index (χ0n) is 6.27. The van der Waals surface area contributed by atoms with Crippen molar-refractivity contribution in [3.8, 4) is 0 Å². The number of thiophene rings is 1. The van der Waals surface area contributed by atoms with Gasteiger partial charge in [-0.3, -0.25) is 10.1 Å². The Labute approximate surface area is 73.5 Å². The SMILES string of the molecule is NC/C=C/c1csc([N+](=O)[O-])c1. The minimum Gasteiger partial charge on any atom is -0.327 e. The quantitative estimate of drug-likeness (QED) is 0.573. The van der Waals surface area contributed by atoms with Gasteiger partial charge in [-0.25, -0.2) is 0 Å². The summed E-state index contributed by atoms with van der Waals surface area (Å²) >= 11 is 1.12. The number of nitrogens with two attached hydrogens (primary N) is 1. The van der Waals surface area contributed by atoms with E-state index < -0.39 is 4.92 Å². The van der Waals surface area contributed by atoms with Crippen LogP contribution < -0.4 is 5.73 Å². The van der Waals surface area contributed by atoms with Crippen LogP contribution in [0.3, 0.4) is 0 Å². The van der Waals surface area contributed by atoms with Crippen molar-refractivity contribution in [2.24, 2.45) is 5.73 Å². The van der Waals surface area contributed by atoms with Crippen molar-refractivity contribution in [3.63, 3.8) is 0 Å². The van der Waals surface area contributed by atoms with Crippen molar-refractivity contribution in [2.45, 2.75) is 0 Å². The Morgan fingerprint density at radius 1 is 1.75 bits per heavy atom. The van der Waals surface area contributed by atoms with Crippen LogP contribution in [0.25, 0.3) is 6.08 Å². The molecule has 0 aliphatic heterocycles. The molecule has 0 bridgehead atoms. The van der Waals surface area contributed by atoms with E-state index in [4.69, 9.17) is 5.73 Å². The fraction of sp³-hybridized carbons (Fsp3) is 0.143. The van der Waals surface area contributed by atoms with E-state index in [-0.39, 0.29) is 5.00 Å². The maximum absolute atomic E-state index is 10.3. The van der Waals surface area contributed by atoms with Crippen molar-refractivity contribution in [1.29, 1.82) is 0 Å². The lowest BCUT2D eigenvalue weighted by Crippen LogP contribution is -1.91. The number of hydrogen-bond donors (Lipinski definition) is 1. The molecule has 0 spiro atoms. The molecule has 1 aromatic rings. The maximum Gasteiger partial charge on any atom is 0.324 e. The van der Waals surface area contributed by atoms with Gasteiger partial charge in [0, 0.05) is 18.0 Å². The highest BCUT2D eigenvalue weighted by atomic mass is 32.1. The van der Waals surface area contributed by atoms with Crippen molar-refractivity contribution >= 4 is 22.4 Å². The third kappa shape index (κ3) is 2.14. The average Bonchev–Trinajstić information content (AvgIpc) is 2.48. The number of nitrogens with zero attached hydrogens (tertiary/aromatic N) is 1. The normalized spacial score (nSPS) is 10.8. The molecule has 0 saturated carbocycles. The summed E-state index contributed by atoms with van der Waals surface area (Å²) in [5, 5.41) is 12.1. The average molecular weight is 184 g/mol. The first-order chi connectivity index (χ1) is 5.74. The molecule has 0 saturated heterocycles. The molecule has 0 aliphatic rings. The predicted molar refractivity (Wildman–Crippen MR) is 49.1 cm³/mol. The highest BCUT2D eigenvalue weighted by Crippen LogP contribution is 2.23. The molecule has 1 aromatic heterocycles. The summed E-state index contributed by atoms with van der Waals surface area (Å²) in [6.07, 6.45) is 3.52. The minimum absolute atomic E-state index is 0.159. The van der Waals surface area contributed by atoms with E-state index in [9.17, 15) is 10.1 Å². The number of rotatable bonds is 3. The zero-order chi connectivity index (χ0) is 8.97. The summed E-state index contributed by atoms with van der Waals surface area (Å²) in [7, 11) is 0. The van der Waals surface area contributed by atoms with Crippen LogP contribution in [0.2, 0.25) is 0 Å². The van der Waals surface area contributed by atoms with Crippen LogP contribution in [-0.4, -0.2) is 11.5 Å². The van der Waals surface area contributed by atoms with Gasteiger partial charge in [0.05, 0.1) is 4.92 Å². The molecule has 2 N–H and O–H groups in total. The van der Waals surface area contributed by atoms with Gasteiger partial charge >= 0.3 is 5.00 Å². The molecule has 1 heterocycles. The summed E-state index contributed by atoms with van der Waals surface area (Å²) in [6.45, 7) is 0.448. The van der Waals surface area contributed by atoms with Gasteiger partial charge < -0.3 is 5.73 Å². The smallest absolute Gasteiger partial charge is 0.324 e. The van der Waals surface area contributed by atoms with Gasteiger partial charge in [-0.15, -0.1) is 0 Å². The predicted octanol–water partition coefficient (Wildman–Crippen LogP) is 1.63. The number of hydrogen-bond acceptors (Lipinski definition) is 4. The summed E-state index contributed by atoms with van der Waals surface area (Å²) in [6, 6.07) is 1.52. The minimum atomic E-state index is -0.398. The van der Waals surface area contributed by atoms with Crippen LogP contribution in [0, 0.1) is 10.1 Å². The molecular formula is C7H8N2O2S. The molecule has 1 rings (SSSR count). The summed E-state index contributed by atoms with van der Waals surface area (Å²) in [5.74, 6) is 0. The number of nitro groups is 1. The van der Waals surface area contributed by atoms with Crippen LogP contribution in [0.15, 0.2) is 17.5 Å². The van der Waals surface area contributed by atoms with Crippen molar-refractivity contribution in [3.05, 3.63) is 33.2 Å². The van der Waals surface area contributed by atoms with E-state index >= 15 is 0 Å². The first-order valence-electron chi connectivity index (χ1n) is 3.33. The standard InChI is InChI=1S/C7H8N2O2S/c8-3-1-2-6-4-7(9(10)11)12-5-6/h1-2,4-5H,3,8H2/b2-1+. The monoisotopic (exact) mass is 184 g/mol. The summed E-state index contributed by atoms with van der Waals surface area (Å²) < 4.78 is 0. The van der Waals surface area contributed by atoms with E-state index in [1.165, 1.54) is 6.07 Å². The summed E-state index contributed by atoms with van der Waals surface area (Å²) in [4.78, 5) is 9.86. The Morgan fingerprint density at radius 3 is 3.00 bits per heavy atom. The highest BCUT2D eigenvalue weighted by Gasteiger charge is 2.06. The van der Waals surface area contributed by atoms with Crippen LogP contribution >= 0.6 is 11.3 Å². The van der Waals surface area contributed by atoms with Gasteiger partial charge in [0.15, 0.2) is 0 Å². The first kappa shape index (κ1) is 8.89. The fourth-order valence-corrected chi connectivity index (χ4v) is 1.42. The van der Waals surface area contributed by atoms with Gasteiger partial charge in [0.25, 0.3) is 0 Å². The van der Waals surface area contributed by atoms with Crippen molar-refractivity contribution in [1.82, 2.24) is 0 Å². The van der Waals surface area contributed by atoms with Crippen molar-refractivity contribution in [2.75, 3.05) is 6.54 Å². The molecular weight excluding hydrogens is 176 g/mol. The topological polar surface area (TPSA) is 69.2 Å². The molecule has 12 heavy (non-hydrogen) atoms. The van der Waals surface area contributed by atoms with Crippen LogP contribution in [0.5, 0.6) is 0 Å². The Kier molecular flexibility index (Phi) is 2.95. The molecule has 0 amide bonds. The van der Waals surface area contributed by atoms with Gasteiger partial charge in [-0.05, 0) is 5.56 Å². The highest BCUT2D eigenvalue weighted by molar-refractivity contribution is 7.13. The van der Waals surface area contributed by atoms with E-state index in [0.717, 1.165) is 16.9 Å². The van der Waals surface area contributed by atoms with Gasteiger partial charge in [-0.1, -0.05) is 23.5 Å². The van der Waals surface area contributed by atoms with Crippen LogP contribution in [-0.2, 0) is 0 Å². The van der Waals surface area contributed by atoms with E-state index in [1.54, 1.807) is 17.5 Å². The van der Waals surface area contributed by atoms with E-state index in [0.29, 0.717) is 6.54 Å². The Hall–Kier alpha value is -1.20. The molecule has 0 aromatic carbocycles. The van der Waals surface area contributed by atoms with Crippen LogP contribution in [0.4, 0.5) is 5.00 Å². The molecule has 0 aliphatic carbocycles. The summed E-state index contributed by atoms with van der Waals surface area (Å²) in [5.41, 5.74) is 6.06. The zero-order valence-corrected chi connectivity index (χ0v) is 7.08. The van der Waals surface area contributed by atoms with Gasteiger partial charge in [0.2, 0.25) is 0 Å². The van der Waals surface area contributed by atoms with E-state index in [1.807, 2.05) is 0 Å². The Bertz CT molecular complexity index is 306. The largest absolute Gasteiger partial charge is 0.327 e. The molecule has 64 valence electrons. The lowest BCUT2D eigenvalue weighted by Gasteiger charge is -1.80. The second-order valence-electron chi connectivity index (χ2n) is 2.11. The molecule has 0 unspecified atom stereocenters. The third-order valence-corrected chi connectivity index (χ3v) is 2.13.